The van der Waals surface area contributed by atoms with Gasteiger partial charge in [-0.3, -0.25) is 14.4 Å². The second-order valence-corrected chi connectivity index (χ2v) is 9.07. The van der Waals surface area contributed by atoms with Crippen LogP contribution in [0.5, 0.6) is 0 Å². The van der Waals surface area contributed by atoms with Crippen LogP contribution in [-0.2, 0) is 9.59 Å². The number of para-hydroxylation sites is 2. The number of rotatable bonds is 9. The Labute approximate surface area is 214 Å². The van der Waals surface area contributed by atoms with E-state index in [1.165, 1.54) is 18.2 Å². The lowest BCUT2D eigenvalue weighted by molar-refractivity contribution is -0.116. The van der Waals surface area contributed by atoms with Crippen molar-refractivity contribution < 1.29 is 18.8 Å². The van der Waals surface area contributed by atoms with Crippen molar-refractivity contribution in [2.45, 2.75) is 39.5 Å². The van der Waals surface area contributed by atoms with Crippen molar-refractivity contribution in [3.8, 4) is 0 Å². The topological polar surface area (TPSA) is 129 Å². The second kappa shape index (κ2) is 11.1. The molecule has 0 atom stereocenters. The van der Waals surface area contributed by atoms with Crippen LogP contribution in [-0.4, -0.2) is 29.3 Å². The molecule has 1 aliphatic heterocycles. The smallest absolute Gasteiger partial charge is 0.256 e. The highest BCUT2D eigenvalue weighted by atomic mass is 19.1. The van der Waals surface area contributed by atoms with Crippen molar-refractivity contribution in [3.63, 3.8) is 0 Å². The SMILES string of the molecule is Cc1[nH]c(/C=C2\C(=O)Nc3ccc(F)cc32)c(C)c1C(=O)NCCCCCC(=O)Nc1ccccc1N. The van der Waals surface area contributed by atoms with Crippen LogP contribution < -0.4 is 21.7 Å². The van der Waals surface area contributed by atoms with Crippen LogP contribution in [0.15, 0.2) is 42.5 Å². The standard InChI is InChI=1S/C28H30FN5O3/c1-16-24(15-20-19-14-18(29)11-12-22(19)34-27(20)36)32-17(2)26(16)28(37)31-13-7-3-4-10-25(35)33-23-9-6-5-8-21(23)30/h5-6,8-9,11-12,14-15,32H,3-4,7,10,13,30H2,1-2H3,(H,31,37)(H,33,35)(H,34,36)/b20-15-. The molecule has 192 valence electrons. The number of amides is 3. The molecule has 1 aromatic heterocycles. The molecule has 0 bridgehead atoms. The van der Waals surface area contributed by atoms with Gasteiger partial charge in [0.25, 0.3) is 11.8 Å². The number of carbonyl (C=O) groups is 3. The first kappa shape index (κ1) is 25.7. The Balaban J connectivity index is 1.29. The van der Waals surface area contributed by atoms with Gasteiger partial charge in [-0.25, -0.2) is 4.39 Å². The zero-order valence-electron chi connectivity index (χ0n) is 20.8. The van der Waals surface area contributed by atoms with E-state index in [1.807, 2.05) is 19.1 Å². The van der Waals surface area contributed by atoms with Crippen LogP contribution in [0.3, 0.4) is 0 Å². The number of benzene rings is 2. The monoisotopic (exact) mass is 503 g/mol. The van der Waals surface area contributed by atoms with Gasteiger partial charge in [-0.1, -0.05) is 18.6 Å². The summed E-state index contributed by atoms with van der Waals surface area (Å²) in [5.41, 5.74) is 10.9. The minimum absolute atomic E-state index is 0.0940. The van der Waals surface area contributed by atoms with Crippen molar-refractivity contribution in [2.24, 2.45) is 0 Å². The number of hydrogen-bond acceptors (Lipinski definition) is 4. The average molecular weight is 504 g/mol. The Hall–Kier alpha value is -4.40. The van der Waals surface area contributed by atoms with Crippen LogP contribution in [0.4, 0.5) is 21.5 Å². The fourth-order valence-corrected chi connectivity index (χ4v) is 4.41. The quantitative estimate of drug-likeness (QED) is 0.164. The number of halogens is 1. The fraction of sp³-hybridized carbons (Fsp3) is 0.250. The minimum atomic E-state index is -0.429. The maximum atomic E-state index is 13.7. The number of H-pyrrole nitrogens is 1. The van der Waals surface area contributed by atoms with Crippen LogP contribution in [0, 0.1) is 19.7 Å². The molecule has 37 heavy (non-hydrogen) atoms. The molecule has 6 N–H and O–H groups in total. The van der Waals surface area contributed by atoms with Gasteiger partial charge in [-0.2, -0.15) is 0 Å². The van der Waals surface area contributed by atoms with E-state index in [4.69, 9.17) is 5.73 Å². The Morgan fingerprint density at radius 3 is 2.65 bits per heavy atom. The molecule has 4 rings (SSSR count). The maximum Gasteiger partial charge on any atom is 0.256 e. The Morgan fingerprint density at radius 1 is 1.08 bits per heavy atom. The van der Waals surface area contributed by atoms with Gasteiger partial charge in [0.05, 0.1) is 22.5 Å². The van der Waals surface area contributed by atoms with Gasteiger partial charge in [0.15, 0.2) is 0 Å². The van der Waals surface area contributed by atoms with Crippen molar-refractivity contribution in [1.82, 2.24) is 10.3 Å². The molecule has 0 saturated carbocycles. The Bertz CT molecular complexity index is 1390. The summed E-state index contributed by atoms with van der Waals surface area (Å²) in [5.74, 6) is -1.06. The fourth-order valence-electron chi connectivity index (χ4n) is 4.41. The summed E-state index contributed by atoms with van der Waals surface area (Å²) < 4.78 is 13.7. The third-order valence-electron chi connectivity index (χ3n) is 6.36. The van der Waals surface area contributed by atoms with Crippen LogP contribution in [0.1, 0.15) is 58.6 Å². The molecule has 2 aromatic carbocycles. The number of hydrogen-bond donors (Lipinski definition) is 5. The highest BCUT2D eigenvalue weighted by Crippen LogP contribution is 2.34. The number of aromatic nitrogens is 1. The predicted octanol–water partition coefficient (Wildman–Crippen LogP) is 4.77. The summed E-state index contributed by atoms with van der Waals surface area (Å²) in [7, 11) is 0. The predicted molar refractivity (Wildman–Crippen MR) is 143 cm³/mol. The first-order valence-corrected chi connectivity index (χ1v) is 12.2. The first-order valence-electron chi connectivity index (χ1n) is 12.2. The minimum Gasteiger partial charge on any atom is -0.397 e. The van der Waals surface area contributed by atoms with E-state index in [9.17, 15) is 18.8 Å². The number of nitrogen functional groups attached to an aromatic ring is 1. The molecular weight excluding hydrogens is 473 g/mol. The molecule has 3 aromatic rings. The number of anilines is 3. The van der Waals surface area contributed by atoms with Crippen LogP contribution in [0.2, 0.25) is 0 Å². The summed E-state index contributed by atoms with van der Waals surface area (Å²) >= 11 is 0. The summed E-state index contributed by atoms with van der Waals surface area (Å²) in [6.07, 6.45) is 4.23. The number of fused-ring (bicyclic) bond motifs is 1. The normalized spacial score (nSPS) is 13.4. The molecular formula is C28H30FN5O3. The van der Waals surface area contributed by atoms with Crippen LogP contribution in [0.25, 0.3) is 11.6 Å². The van der Waals surface area contributed by atoms with E-state index in [2.05, 4.69) is 20.9 Å². The number of nitrogens with one attached hydrogen (secondary N) is 4. The van der Waals surface area contributed by atoms with Crippen molar-refractivity contribution >= 4 is 46.4 Å². The number of aromatic amines is 1. The highest BCUT2D eigenvalue weighted by Gasteiger charge is 2.26. The van der Waals surface area contributed by atoms with Gasteiger partial charge in [-0.05, 0) is 68.7 Å². The van der Waals surface area contributed by atoms with E-state index < -0.39 is 5.82 Å². The molecule has 0 radical (unpaired) electrons. The summed E-state index contributed by atoms with van der Waals surface area (Å²) in [6, 6.07) is 11.3. The lowest BCUT2D eigenvalue weighted by atomic mass is 10.0. The van der Waals surface area contributed by atoms with E-state index in [0.717, 1.165) is 12.8 Å². The van der Waals surface area contributed by atoms with Gasteiger partial charge in [-0.15, -0.1) is 0 Å². The lowest BCUT2D eigenvalue weighted by Gasteiger charge is -2.08. The van der Waals surface area contributed by atoms with Crippen molar-refractivity contribution in [2.75, 3.05) is 22.9 Å². The van der Waals surface area contributed by atoms with Crippen molar-refractivity contribution in [3.05, 3.63) is 76.4 Å². The van der Waals surface area contributed by atoms with Gasteiger partial charge in [0.1, 0.15) is 5.82 Å². The molecule has 2 heterocycles. The Kier molecular flexibility index (Phi) is 7.71. The number of nitrogens with two attached hydrogens (primary N) is 1. The average Bonchev–Trinajstić information content (AvgIpc) is 3.31. The number of carbonyl (C=O) groups excluding carboxylic acids is 3. The summed E-state index contributed by atoms with van der Waals surface area (Å²) in [5, 5.41) is 8.46. The van der Waals surface area contributed by atoms with Crippen LogP contribution >= 0.6 is 0 Å². The molecule has 8 nitrogen and oxygen atoms in total. The van der Waals surface area contributed by atoms with E-state index in [-0.39, 0.29) is 17.7 Å². The molecule has 9 heteroatoms. The molecule has 0 saturated heterocycles. The van der Waals surface area contributed by atoms with E-state index in [0.29, 0.717) is 70.1 Å². The third-order valence-corrected chi connectivity index (χ3v) is 6.36. The zero-order valence-corrected chi connectivity index (χ0v) is 20.8. The third kappa shape index (κ3) is 5.88. The highest BCUT2D eigenvalue weighted by molar-refractivity contribution is 6.34. The molecule has 0 unspecified atom stereocenters. The van der Waals surface area contributed by atoms with Gasteiger partial charge in [0.2, 0.25) is 5.91 Å². The van der Waals surface area contributed by atoms with Gasteiger partial charge < -0.3 is 26.7 Å². The molecule has 1 aliphatic rings. The zero-order chi connectivity index (χ0) is 26.5. The van der Waals surface area contributed by atoms with E-state index in [1.54, 1.807) is 25.1 Å². The maximum absolute atomic E-state index is 13.7. The second-order valence-electron chi connectivity index (χ2n) is 9.07. The molecule has 3 amide bonds. The van der Waals surface area contributed by atoms with Gasteiger partial charge >= 0.3 is 0 Å². The number of aryl methyl sites for hydroxylation is 1. The summed E-state index contributed by atoms with van der Waals surface area (Å²) in [6.45, 7) is 4.08. The molecule has 0 spiro atoms. The first-order chi connectivity index (χ1) is 17.7. The largest absolute Gasteiger partial charge is 0.397 e. The Morgan fingerprint density at radius 2 is 1.86 bits per heavy atom. The summed E-state index contributed by atoms with van der Waals surface area (Å²) in [4.78, 5) is 40.6. The lowest BCUT2D eigenvalue weighted by Crippen LogP contribution is -2.25. The number of unbranched alkanes of at least 4 members (excludes halogenated alkanes) is 2. The van der Waals surface area contributed by atoms with Gasteiger partial charge in [0, 0.05) is 35.6 Å². The molecule has 0 fully saturated rings. The molecule has 0 aliphatic carbocycles. The van der Waals surface area contributed by atoms with E-state index >= 15 is 0 Å². The van der Waals surface area contributed by atoms with Crippen molar-refractivity contribution in [1.29, 1.82) is 0 Å².